The van der Waals surface area contributed by atoms with Crippen molar-refractivity contribution in [2.45, 2.75) is 13.8 Å². The molecule has 0 fully saturated rings. The number of nitrogens with zero attached hydrogens (tertiary/aromatic N) is 2. The molecule has 0 radical (unpaired) electrons. The van der Waals surface area contributed by atoms with Crippen LogP contribution < -0.4 is 0 Å². The Morgan fingerprint density at radius 1 is 0.750 bits per heavy atom. The van der Waals surface area contributed by atoms with Crippen LogP contribution in [0.4, 0.5) is 0 Å². The van der Waals surface area contributed by atoms with Gasteiger partial charge in [0, 0.05) is 23.7 Å². The van der Waals surface area contributed by atoms with Gasteiger partial charge in [-0.3, -0.25) is 9.97 Å². The monoisotopic (exact) mass is 260 g/mol. The van der Waals surface area contributed by atoms with Crippen LogP contribution in [0, 0.1) is 13.8 Å². The van der Waals surface area contributed by atoms with E-state index in [9.17, 15) is 0 Å². The van der Waals surface area contributed by atoms with E-state index in [0.29, 0.717) is 0 Å². The molecule has 2 aromatic heterocycles. The van der Waals surface area contributed by atoms with E-state index < -0.39 is 0 Å². The molecule has 1 aromatic carbocycles. The summed E-state index contributed by atoms with van der Waals surface area (Å²) in [6.07, 6.45) is 3.75. The minimum Gasteiger partial charge on any atom is -0.262 e. The first-order chi connectivity index (χ1) is 9.72. The number of aryl methyl sites for hydroxylation is 2. The van der Waals surface area contributed by atoms with Gasteiger partial charge in [0.1, 0.15) is 0 Å². The predicted octanol–water partition coefficient (Wildman–Crippen LogP) is 4.43. The highest BCUT2D eigenvalue weighted by molar-refractivity contribution is 5.71. The zero-order valence-electron chi connectivity index (χ0n) is 11.7. The molecular weight excluding hydrogens is 244 g/mol. The first kappa shape index (κ1) is 12.5. The van der Waals surface area contributed by atoms with E-state index in [1.54, 1.807) is 0 Å². The van der Waals surface area contributed by atoms with Crippen LogP contribution in [-0.2, 0) is 0 Å². The second-order valence-corrected chi connectivity index (χ2v) is 4.99. The molecule has 0 aliphatic rings. The van der Waals surface area contributed by atoms with Crippen LogP contribution in [0.1, 0.15) is 11.3 Å². The Labute approximate surface area is 119 Å². The molecule has 0 aliphatic heterocycles. The third-order valence-electron chi connectivity index (χ3n) is 3.30. The summed E-state index contributed by atoms with van der Waals surface area (Å²) >= 11 is 0. The maximum absolute atomic E-state index is 4.49. The van der Waals surface area contributed by atoms with E-state index in [1.165, 1.54) is 16.7 Å². The molecule has 0 amide bonds. The van der Waals surface area contributed by atoms with Crippen molar-refractivity contribution in [2.24, 2.45) is 0 Å². The lowest BCUT2D eigenvalue weighted by atomic mass is 10.0. The van der Waals surface area contributed by atoms with Gasteiger partial charge in [0.05, 0.1) is 5.69 Å². The Kier molecular flexibility index (Phi) is 3.30. The first-order valence-corrected chi connectivity index (χ1v) is 6.68. The Morgan fingerprint density at radius 3 is 2.30 bits per heavy atom. The van der Waals surface area contributed by atoms with Gasteiger partial charge in [0.2, 0.25) is 0 Å². The summed E-state index contributed by atoms with van der Waals surface area (Å²) in [4.78, 5) is 8.73. The summed E-state index contributed by atoms with van der Waals surface area (Å²) in [5.41, 5.74) is 6.72. The van der Waals surface area contributed by atoms with Crippen molar-refractivity contribution in [2.75, 3.05) is 0 Å². The smallest absolute Gasteiger partial charge is 0.0702 e. The topological polar surface area (TPSA) is 25.8 Å². The number of hydrogen-bond acceptors (Lipinski definition) is 2. The summed E-state index contributed by atoms with van der Waals surface area (Å²) in [6, 6.07) is 16.7. The summed E-state index contributed by atoms with van der Waals surface area (Å²) < 4.78 is 0. The zero-order chi connectivity index (χ0) is 13.9. The zero-order valence-corrected chi connectivity index (χ0v) is 11.7. The quantitative estimate of drug-likeness (QED) is 0.681. The summed E-state index contributed by atoms with van der Waals surface area (Å²) in [6.45, 7) is 4.06. The largest absolute Gasteiger partial charge is 0.262 e. The van der Waals surface area contributed by atoms with Gasteiger partial charge in [0.25, 0.3) is 0 Å². The number of benzene rings is 1. The maximum atomic E-state index is 4.49. The van der Waals surface area contributed by atoms with Gasteiger partial charge in [0.15, 0.2) is 0 Å². The lowest BCUT2D eigenvalue weighted by Crippen LogP contribution is -1.86. The normalized spacial score (nSPS) is 10.5. The van der Waals surface area contributed by atoms with Crippen molar-refractivity contribution in [1.29, 1.82) is 0 Å². The molecule has 0 unspecified atom stereocenters. The van der Waals surface area contributed by atoms with E-state index in [2.05, 4.69) is 52.4 Å². The van der Waals surface area contributed by atoms with Crippen LogP contribution in [0.15, 0.2) is 60.9 Å². The highest BCUT2D eigenvalue weighted by Crippen LogP contribution is 2.25. The van der Waals surface area contributed by atoms with Crippen molar-refractivity contribution in [3.63, 3.8) is 0 Å². The lowest BCUT2D eigenvalue weighted by Gasteiger charge is -2.06. The fraction of sp³-hybridized carbons (Fsp3) is 0.111. The molecule has 0 bridgehead atoms. The van der Waals surface area contributed by atoms with Crippen molar-refractivity contribution in [3.05, 3.63) is 72.2 Å². The van der Waals surface area contributed by atoms with Crippen LogP contribution in [0.3, 0.4) is 0 Å². The van der Waals surface area contributed by atoms with Gasteiger partial charge < -0.3 is 0 Å². The third-order valence-corrected chi connectivity index (χ3v) is 3.30. The first-order valence-electron chi connectivity index (χ1n) is 6.68. The lowest BCUT2D eigenvalue weighted by molar-refractivity contribution is 1.20. The van der Waals surface area contributed by atoms with Crippen LogP contribution >= 0.6 is 0 Å². The average Bonchev–Trinajstić information content (AvgIpc) is 2.48. The molecule has 0 aliphatic carbocycles. The number of aromatic nitrogens is 2. The summed E-state index contributed by atoms with van der Waals surface area (Å²) in [7, 11) is 0. The van der Waals surface area contributed by atoms with Crippen LogP contribution in [0.25, 0.3) is 22.4 Å². The molecule has 0 spiro atoms. The molecular formula is C18H16N2. The average molecular weight is 260 g/mol. The molecule has 2 heteroatoms. The molecule has 0 N–H and O–H groups in total. The van der Waals surface area contributed by atoms with E-state index >= 15 is 0 Å². The molecule has 0 atom stereocenters. The molecule has 0 saturated carbocycles. The van der Waals surface area contributed by atoms with Crippen molar-refractivity contribution < 1.29 is 0 Å². The highest BCUT2D eigenvalue weighted by Gasteiger charge is 2.03. The molecule has 2 heterocycles. The van der Waals surface area contributed by atoms with Gasteiger partial charge in [-0.05, 0) is 54.8 Å². The Hall–Kier alpha value is -2.48. The molecule has 20 heavy (non-hydrogen) atoms. The van der Waals surface area contributed by atoms with Gasteiger partial charge in [-0.15, -0.1) is 0 Å². The second-order valence-electron chi connectivity index (χ2n) is 4.99. The summed E-state index contributed by atoms with van der Waals surface area (Å²) in [5, 5.41) is 0. The molecule has 3 aromatic rings. The Morgan fingerprint density at radius 2 is 1.55 bits per heavy atom. The maximum Gasteiger partial charge on any atom is 0.0702 e. The van der Waals surface area contributed by atoms with Crippen LogP contribution in [0.2, 0.25) is 0 Å². The van der Waals surface area contributed by atoms with Gasteiger partial charge in [-0.25, -0.2) is 0 Å². The van der Waals surface area contributed by atoms with Gasteiger partial charge >= 0.3 is 0 Å². The molecule has 0 saturated heterocycles. The fourth-order valence-corrected chi connectivity index (χ4v) is 2.22. The van der Waals surface area contributed by atoms with Crippen molar-refractivity contribution >= 4 is 0 Å². The minimum atomic E-state index is 1.00. The number of hydrogen-bond donors (Lipinski definition) is 0. The SMILES string of the molecule is Cc1ccc(-c2cccc(-c3ccnc(C)c3)c2)nc1. The predicted molar refractivity (Wildman–Crippen MR) is 82.4 cm³/mol. The van der Waals surface area contributed by atoms with E-state index in [-0.39, 0.29) is 0 Å². The summed E-state index contributed by atoms with van der Waals surface area (Å²) in [5.74, 6) is 0. The molecule has 3 rings (SSSR count). The Bertz CT molecular complexity index is 730. The molecule has 2 nitrogen and oxygen atoms in total. The van der Waals surface area contributed by atoms with E-state index in [1.807, 2.05) is 32.3 Å². The third kappa shape index (κ3) is 2.59. The van der Waals surface area contributed by atoms with E-state index in [0.717, 1.165) is 17.0 Å². The standard InChI is InChI=1S/C18H16N2/c1-13-6-7-18(20-12-13)17-5-3-4-15(11-17)16-8-9-19-14(2)10-16/h3-12H,1-2H3. The van der Waals surface area contributed by atoms with Crippen molar-refractivity contribution in [3.8, 4) is 22.4 Å². The highest BCUT2D eigenvalue weighted by atomic mass is 14.7. The second kappa shape index (κ2) is 5.25. The fourth-order valence-electron chi connectivity index (χ4n) is 2.22. The van der Waals surface area contributed by atoms with Crippen LogP contribution in [0.5, 0.6) is 0 Å². The van der Waals surface area contributed by atoms with Crippen molar-refractivity contribution in [1.82, 2.24) is 9.97 Å². The van der Waals surface area contributed by atoms with E-state index in [4.69, 9.17) is 0 Å². The van der Waals surface area contributed by atoms with Gasteiger partial charge in [-0.2, -0.15) is 0 Å². The minimum absolute atomic E-state index is 1.00. The number of rotatable bonds is 2. The molecule has 98 valence electrons. The number of pyridine rings is 2. The van der Waals surface area contributed by atoms with Gasteiger partial charge in [-0.1, -0.05) is 24.3 Å². The van der Waals surface area contributed by atoms with Crippen LogP contribution in [-0.4, -0.2) is 9.97 Å². The Balaban J connectivity index is 2.03.